The van der Waals surface area contributed by atoms with E-state index in [4.69, 9.17) is 15.7 Å². The van der Waals surface area contributed by atoms with E-state index < -0.39 is 0 Å². The molecule has 0 saturated carbocycles. The summed E-state index contributed by atoms with van der Waals surface area (Å²) in [4.78, 5) is 6.23. The molecule has 0 aliphatic heterocycles. The number of pyridine rings is 1. The first-order chi connectivity index (χ1) is 8.71. The van der Waals surface area contributed by atoms with E-state index in [2.05, 4.69) is 22.0 Å². The zero-order valence-corrected chi connectivity index (χ0v) is 10.8. The minimum absolute atomic E-state index is 0.200. The van der Waals surface area contributed by atoms with Crippen LogP contribution >= 0.6 is 0 Å². The van der Waals surface area contributed by atoms with Crippen LogP contribution in [0.4, 0.5) is 0 Å². The lowest BCUT2D eigenvalue weighted by Gasteiger charge is -2.21. The molecule has 0 unspecified atom stereocenters. The highest BCUT2D eigenvalue weighted by Gasteiger charge is 2.11. The van der Waals surface area contributed by atoms with Gasteiger partial charge in [0.25, 0.3) is 0 Å². The van der Waals surface area contributed by atoms with Crippen molar-refractivity contribution in [2.24, 2.45) is 10.9 Å². The largest absolute Gasteiger partial charge is 0.481 e. The number of amidine groups is 1. The monoisotopic (exact) mass is 252 g/mol. The lowest BCUT2D eigenvalue weighted by molar-refractivity contribution is 0.280. The van der Waals surface area contributed by atoms with Gasteiger partial charge < -0.3 is 15.7 Å². The molecule has 6 heteroatoms. The summed E-state index contributed by atoms with van der Waals surface area (Å²) in [5, 5.41) is 11.6. The van der Waals surface area contributed by atoms with Crippen LogP contribution in [-0.2, 0) is 6.54 Å². The Morgan fingerprint density at radius 1 is 1.61 bits per heavy atom. The Morgan fingerprint density at radius 2 is 2.39 bits per heavy atom. The van der Waals surface area contributed by atoms with Crippen LogP contribution in [0.15, 0.2) is 23.5 Å². The Bertz CT molecular complexity index is 395. The summed E-state index contributed by atoms with van der Waals surface area (Å²) in [6.07, 6.45) is 2.68. The summed E-state index contributed by atoms with van der Waals surface area (Å²) in [5.74, 6) is 0.810. The molecule has 0 aliphatic carbocycles. The molecule has 0 amide bonds. The highest BCUT2D eigenvalue weighted by Crippen LogP contribution is 2.16. The van der Waals surface area contributed by atoms with Crippen LogP contribution in [0.5, 0.6) is 5.88 Å². The SMILES string of the molecule is CCCN(CC(N)=NO)Cc1cccnc1OC. The minimum atomic E-state index is 0.200. The van der Waals surface area contributed by atoms with Gasteiger partial charge >= 0.3 is 0 Å². The number of oxime groups is 1. The maximum Gasteiger partial charge on any atom is 0.217 e. The van der Waals surface area contributed by atoms with Crippen LogP contribution < -0.4 is 10.5 Å². The van der Waals surface area contributed by atoms with Gasteiger partial charge in [-0.2, -0.15) is 0 Å². The first kappa shape index (κ1) is 14.2. The summed E-state index contributed by atoms with van der Waals surface area (Å²) in [6, 6.07) is 3.83. The molecule has 6 nitrogen and oxygen atoms in total. The second kappa shape index (κ2) is 7.50. The predicted molar refractivity (Wildman–Crippen MR) is 69.8 cm³/mol. The maximum atomic E-state index is 8.62. The number of rotatable bonds is 7. The smallest absolute Gasteiger partial charge is 0.217 e. The number of methoxy groups -OCH3 is 1. The average Bonchev–Trinajstić information content (AvgIpc) is 2.39. The van der Waals surface area contributed by atoms with Gasteiger partial charge in [-0.15, -0.1) is 0 Å². The quantitative estimate of drug-likeness (QED) is 0.328. The number of nitrogens with zero attached hydrogens (tertiary/aromatic N) is 3. The fraction of sp³-hybridized carbons (Fsp3) is 0.500. The molecule has 1 aromatic heterocycles. The highest BCUT2D eigenvalue weighted by molar-refractivity contribution is 5.81. The van der Waals surface area contributed by atoms with E-state index in [1.165, 1.54) is 0 Å². The van der Waals surface area contributed by atoms with Crippen molar-refractivity contribution in [1.29, 1.82) is 0 Å². The third-order valence-corrected chi connectivity index (χ3v) is 2.49. The van der Waals surface area contributed by atoms with Gasteiger partial charge in [0, 0.05) is 18.3 Å². The number of aromatic nitrogens is 1. The van der Waals surface area contributed by atoms with Crippen LogP contribution in [0.1, 0.15) is 18.9 Å². The molecule has 1 heterocycles. The second-order valence-electron chi connectivity index (χ2n) is 3.97. The summed E-state index contributed by atoms with van der Waals surface area (Å²) in [7, 11) is 1.60. The Morgan fingerprint density at radius 3 is 3.00 bits per heavy atom. The zero-order valence-electron chi connectivity index (χ0n) is 10.8. The molecule has 0 atom stereocenters. The molecular weight excluding hydrogens is 232 g/mol. The fourth-order valence-corrected chi connectivity index (χ4v) is 1.76. The molecule has 100 valence electrons. The Labute approximate surface area is 107 Å². The molecule has 0 aromatic carbocycles. The van der Waals surface area contributed by atoms with Gasteiger partial charge in [-0.1, -0.05) is 18.1 Å². The van der Waals surface area contributed by atoms with Gasteiger partial charge in [-0.05, 0) is 19.0 Å². The van der Waals surface area contributed by atoms with Gasteiger partial charge in [-0.25, -0.2) is 4.98 Å². The van der Waals surface area contributed by atoms with E-state index in [0.29, 0.717) is 19.0 Å². The van der Waals surface area contributed by atoms with Crippen molar-refractivity contribution in [3.05, 3.63) is 23.9 Å². The number of hydrogen-bond donors (Lipinski definition) is 2. The van der Waals surface area contributed by atoms with Crippen LogP contribution in [0.3, 0.4) is 0 Å². The normalized spacial score (nSPS) is 11.8. The molecule has 0 spiro atoms. The molecule has 3 N–H and O–H groups in total. The van der Waals surface area contributed by atoms with Crippen molar-refractivity contribution in [3.63, 3.8) is 0 Å². The lowest BCUT2D eigenvalue weighted by atomic mass is 10.2. The fourth-order valence-electron chi connectivity index (χ4n) is 1.76. The molecule has 0 bridgehead atoms. The summed E-state index contributed by atoms with van der Waals surface area (Å²) in [5.41, 5.74) is 6.53. The van der Waals surface area contributed by atoms with Crippen LogP contribution in [0, 0.1) is 0 Å². The summed E-state index contributed by atoms with van der Waals surface area (Å²) < 4.78 is 5.21. The molecule has 18 heavy (non-hydrogen) atoms. The van der Waals surface area contributed by atoms with Crippen molar-refractivity contribution >= 4 is 5.84 Å². The Balaban J connectivity index is 2.76. The number of nitrogens with two attached hydrogens (primary N) is 1. The van der Waals surface area contributed by atoms with E-state index in [-0.39, 0.29) is 5.84 Å². The van der Waals surface area contributed by atoms with Gasteiger partial charge in [0.2, 0.25) is 5.88 Å². The van der Waals surface area contributed by atoms with E-state index >= 15 is 0 Å². The predicted octanol–water partition coefficient (Wildman–Crippen LogP) is 1.05. The first-order valence-corrected chi connectivity index (χ1v) is 5.87. The van der Waals surface area contributed by atoms with E-state index in [1.54, 1.807) is 13.3 Å². The topological polar surface area (TPSA) is 84.0 Å². The number of hydrogen-bond acceptors (Lipinski definition) is 5. The third kappa shape index (κ3) is 4.21. The molecule has 0 saturated heterocycles. The summed E-state index contributed by atoms with van der Waals surface area (Å²) in [6.45, 7) is 4.01. The van der Waals surface area contributed by atoms with E-state index in [0.717, 1.165) is 18.5 Å². The molecule has 1 aromatic rings. The molecule has 1 rings (SSSR count). The highest BCUT2D eigenvalue weighted by atomic mass is 16.5. The lowest BCUT2D eigenvalue weighted by Crippen LogP contribution is -2.34. The molecule has 0 radical (unpaired) electrons. The summed E-state index contributed by atoms with van der Waals surface area (Å²) >= 11 is 0. The third-order valence-electron chi connectivity index (χ3n) is 2.49. The maximum absolute atomic E-state index is 8.62. The van der Waals surface area contributed by atoms with Crippen molar-refractivity contribution < 1.29 is 9.94 Å². The van der Waals surface area contributed by atoms with E-state index in [1.807, 2.05) is 12.1 Å². The molecular formula is C12H20N4O2. The van der Waals surface area contributed by atoms with E-state index in [9.17, 15) is 0 Å². The average molecular weight is 252 g/mol. The second-order valence-corrected chi connectivity index (χ2v) is 3.97. The molecule has 0 fully saturated rings. The van der Waals surface area contributed by atoms with Crippen molar-refractivity contribution in [2.75, 3.05) is 20.2 Å². The van der Waals surface area contributed by atoms with Crippen LogP contribution in [0.2, 0.25) is 0 Å². The van der Waals surface area contributed by atoms with Crippen molar-refractivity contribution in [3.8, 4) is 5.88 Å². The van der Waals surface area contributed by atoms with Gasteiger partial charge in [0.15, 0.2) is 5.84 Å². The Kier molecular flexibility index (Phi) is 5.93. The van der Waals surface area contributed by atoms with Crippen molar-refractivity contribution in [2.45, 2.75) is 19.9 Å². The van der Waals surface area contributed by atoms with Crippen LogP contribution in [0.25, 0.3) is 0 Å². The zero-order chi connectivity index (χ0) is 13.4. The van der Waals surface area contributed by atoms with Gasteiger partial charge in [0.1, 0.15) is 0 Å². The molecule has 0 aliphatic rings. The van der Waals surface area contributed by atoms with Gasteiger partial charge in [-0.3, -0.25) is 4.90 Å². The van der Waals surface area contributed by atoms with Crippen LogP contribution in [-0.4, -0.2) is 41.1 Å². The number of ether oxygens (including phenoxy) is 1. The Hall–Kier alpha value is -1.82. The van der Waals surface area contributed by atoms with Gasteiger partial charge in [0.05, 0.1) is 13.7 Å². The van der Waals surface area contributed by atoms with Crippen molar-refractivity contribution in [1.82, 2.24) is 9.88 Å². The first-order valence-electron chi connectivity index (χ1n) is 5.87. The standard InChI is InChI=1S/C12H20N4O2/c1-3-7-16(9-11(13)15-17)8-10-5-4-6-14-12(10)18-2/h4-6,17H,3,7-9H2,1-2H3,(H2,13,15). The minimum Gasteiger partial charge on any atom is -0.481 e.